The van der Waals surface area contributed by atoms with Gasteiger partial charge in [-0.15, -0.1) is 5.10 Å². The molecule has 0 aliphatic carbocycles. The van der Waals surface area contributed by atoms with Gasteiger partial charge in [0.1, 0.15) is 0 Å². The molecule has 6 heteroatoms. The normalized spacial score (nSPS) is 10.4. The summed E-state index contributed by atoms with van der Waals surface area (Å²) >= 11 is 0. The van der Waals surface area contributed by atoms with Crippen molar-refractivity contribution >= 4 is 23.1 Å². The third kappa shape index (κ3) is 3.95. The molecule has 0 saturated carbocycles. The number of para-hydroxylation sites is 1. The smallest absolute Gasteiger partial charge is 0.249 e. The number of nitriles is 1. The van der Waals surface area contributed by atoms with Crippen LogP contribution in [0.15, 0.2) is 48.7 Å². The maximum atomic E-state index is 9.01. The first kappa shape index (κ1) is 17.4. The third-order valence-electron chi connectivity index (χ3n) is 3.99. The van der Waals surface area contributed by atoms with Crippen molar-refractivity contribution in [2.75, 3.05) is 10.6 Å². The number of aryl methyl sites for hydroxylation is 1. The van der Waals surface area contributed by atoms with E-state index < -0.39 is 0 Å². The van der Waals surface area contributed by atoms with E-state index in [0.717, 1.165) is 16.9 Å². The summed E-state index contributed by atoms with van der Waals surface area (Å²) in [5, 5.41) is 23.6. The molecule has 6 nitrogen and oxygen atoms in total. The molecule has 0 spiro atoms. The number of hydrogen-bond donors (Lipinski definition) is 2. The van der Waals surface area contributed by atoms with E-state index in [1.165, 1.54) is 5.56 Å². The number of anilines is 4. The van der Waals surface area contributed by atoms with Gasteiger partial charge in [-0.25, -0.2) is 0 Å². The number of nitrogens with zero attached hydrogens (tertiary/aromatic N) is 4. The Hall–Kier alpha value is -3.46. The molecule has 26 heavy (non-hydrogen) atoms. The zero-order chi connectivity index (χ0) is 18.5. The molecule has 2 aromatic carbocycles. The fourth-order valence-electron chi connectivity index (χ4n) is 2.69. The molecular weight excluding hydrogens is 324 g/mol. The molecule has 1 heterocycles. The van der Waals surface area contributed by atoms with E-state index in [-0.39, 0.29) is 0 Å². The van der Waals surface area contributed by atoms with Crippen molar-refractivity contribution in [3.05, 3.63) is 65.4 Å². The van der Waals surface area contributed by atoms with Gasteiger partial charge in [0.15, 0.2) is 5.82 Å². The molecule has 3 aromatic rings. The summed E-state index contributed by atoms with van der Waals surface area (Å²) < 4.78 is 0. The molecule has 130 valence electrons. The lowest BCUT2D eigenvalue weighted by molar-refractivity contribution is 0.865. The third-order valence-corrected chi connectivity index (χ3v) is 3.99. The van der Waals surface area contributed by atoms with Crippen LogP contribution in [0.3, 0.4) is 0 Å². The van der Waals surface area contributed by atoms with Gasteiger partial charge in [-0.2, -0.15) is 15.3 Å². The molecular formula is C20H20N6. The average molecular weight is 344 g/mol. The summed E-state index contributed by atoms with van der Waals surface area (Å²) in [6.07, 6.45) is 1.55. The van der Waals surface area contributed by atoms with Gasteiger partial charge in [-0.3, -0.25) is 0 Å². The van der Waals surface area contributed by atoms with Crippen LogP contribution >= 0.6 is 0 Å². The topological polar surface area (TPSA) is 86.5 Å². The lowest BCUT2D eigenvalue weighted by Crippen LogP contribution is -2.06. The second-order valence-electron chi connectivity index (χ2n) is 6.30. The van der Waals surface area contributed by atoms with Crippen molar-refractivity contribution in [1.82, 2.24) is 15.2 Å². The van der Waals surface area contributed by atoms with Crippen LogP contribution in [-0.4, -0.2) is 15.2 Å². The average Bonchev–Trinajstić information content (AvgIpc) is 2.63. The highest BCUT2D eigenvalue weighted by molar-refractivity contribution is 5.65. The van der Waals surface area contributed by atoms with Gasteiger partial charge in [0.25, 0.3) is 0 Å². The van der Waals surface area contributed by atoms with Crippen molar-refractivity contribution in [1.29, 1.82) is 5.26 Å². The second-order valence-corrected chi connectivity index (χ2v) is 6.30. The van der Waals surface area contributed by atoms with Crippen LogP contribution < -0.4 is 10.6 Å². The van der Waals surface area contributed by atoms with Crippen molar-refractivity contribution in [3.63, 3.8) is 0 Å². The molecule has 0 amide bonds. The van der Waals surface area contributed by atoms with Gasteiger partial charge in [-0.1, -0.05) is 38.1 Å². The highest BCUT2D eigenvalue weighted by Gasteiger charge is 2.11. The fourth-order valence-corrected chi connectivity index (χ4v) is 2.69. The van der Waals surface area contributed by atoms with Gasteiger partial charge in [-0.05, 0) is 42.2 Å². The van der Waals surface area contributed by atoms with Gasteiger partial charge >= 0.3 is 0 Å². The molecule has 0 radical (unpaired) electrons. The van der Waals surface area contributed by atoms with Crippen molar-refractivity contribution < 1.29 is 0 Å². The highest BCUT2D eigenvalue weighted by atomic mass is 15.3. The largest absolute Gasteiger partial charge is 0.339 e. The number of nitrogens with one attached hydrogen (secondary N) is 2. The number of benzene rings is 2. The Morgan fingerprint density at radius 1 is 1.08 bits per heavy atom. The van der Waals surface area contributed by atoms with E-state index >= 15 is 0 Å². The van der Waals surface area contributed by atoms with Crippen molar-refractivity contribution in [3.8, 4) is 6.07 Å². The van der Waals surface area contributed by atoms with Gasteiger partial charge < -0.3 is 10.6 Å². The lowest BCUT2D eigenvalue weighted by Gasteiger charge is -2.16. The molecule has 1 aromatic heterocycles. The zero-order valence-electron chi connectivity index (χ0n) is 15.0. The van der Waals surface area contributed by atoms with E-state index in [1.54, 1.807) is 18.3 Å². The molecule has 0 saturated heterocycles. The van der Waals surface area contributed by atoms with Crippen LogP contribution in [0.5, 0.6) is 0 Å². The highest BCUT2D eigenvalue weighted by Crippen LogP contribution is 2.29. The van der Waals surface area contributed by atoms with E-state index in [2.05, 4.69) is 70.9 Å². The quantitative estimate of drug-likeness (QED) is 0.700. The van der Waals surface area contributed by atoms with Crippen LogP contribution in [0.2, 0.25) is 0 Å². The number of aromatic nitrogens is 3. The van der Waals surface area contributed by atoms with Crippen LogP contribution in [-0.2, 0) is 0 Å². The van der Waals surface area contributed by atoms with E-state index in [0.29, 0.717) is 23.2 Å². The standard InChI is InChI=1S/C20H20N6/c1-13(2)17-9-4-6-14(3)19(17)25-20-24-18(12-22-26-20)23-16-8-5-7-15(10-16)11-21/h4-10,12-13H,1-3H3,(H2,23,24,25,26). The summed E-state index contributed by atoms with van der Waals surface area (Å²) in [5.41, 5.74) is 4.69. The van der Waals surface area contributed by atoms with E-state index in [4.69, 9.17) is 5.26 Å². The summed E-state index contributed by atoms with van der Waals surface area (Å²) in [6, 6.07) is 15.5. The van der Waals surface area contributed by atoms with Crippen LogP contribution in [0.4, 0.5) is 23.1 Å². The number of hydrogen-bond acceptors (Lipinski definition) is 6. The van der Waals surface area contributed by atoms with Crippen LogP contribution in [0.25, 0.3) is 0 Å². The summed E-state index contributed by atoms with van der Waals surface area (Å²) in [4.78, 5) is 4.48. The second kappa shape index (κ2) is 7.62. The van der Waals surface area contributed by atoms with E-state index in [9.17, 15) is 0 Å². The molecule has 0 unspecified atom stereocenters. The zero-order valence-corrected chi connectivity index (χ0v) is 15.0. The Morgan fingerprint density at radius 2 is 1.88 bits per heavy atom. The summed E-state index contributed by atoms with van der Waals surface area (Å²) in [5.74, 6) is 1.35. The van der Waals surface area contributed by atoms with E-state index in [1.807, 2.05) is 12.1 Å². The first-order chi connectivity index (χ1) is 12.6. The van der Waals surface area contributed by atoms with Gasteiger partial charge in [0.2, 0.25) is 5.95 Å². The first-order valence-electron chi connectivity index (χ1n) is 8.40. The van der Waals surface area contributed by atoms with Crippen molar-refractivity contribution in [2.24, 2.45) is 0 Å². The minimum absolute atomic E-state index is 0.375. The molecule has 3 rings (SSSR count). The Kier molecular flexibility index (Phi) is 5.09. The van der Waals surface area contributed by atoms with Crippen molar-refractivity contribution in [2.45, 2.75) is 26.7 Å². The predicted molar refractivity (Wildman–Crippen MR) is 103 cm³/mol. The molecule has 0 fully saturated rings. The molecule has 0 bridgehead atoms. The minimum Gasteiger partial charge on any atom is -0.339 e. The van der Waals surface area contributed by atoms with Crippen LogP contribution in [0.1, 0.15) is 36.5 Å². The maximum absolute atomic E-state index is 9.01. The Morgan fingerprint density at radius 3 is 2.65 bits per heavy atom. The number of rotatable bonds is 5. The molecule has 0 aliphatic heterocycles. The monoisotopic (exact) mass is 344 g/mol. The lowest BCUT2D eigenvalue weighted by atomic mass is 9.98. The molecule has 0 atom stereocenters. The summed E-state index contributed by atoms with van der Waals surface area (Å²) in [6.45, 7) is 6.36. The Balaban J connectivity index is 1.86. The molecule has 0 aliphatic rings. The first-order valence-corrected chi connectivity index (χ1v) is 8.40. The summed E-state index contributed by atoms with van der Waals surface area (Å²) in [7, 11) is 0. The van der Waals surface area contributed by atoms with Crippen LogP contribution in [0, 0.1) is 18.3 Å². The Bertz CT molecular complexity index is 959. The SMILES string of the molecule is Cc1cccc(C(C)C)c1Nc1nncc(Nc2cccc(C#N)c2)n1. The van der Waals surface area contributed by atoms with Gasteiger partial charge in [0, 0.05) is 11.4 Å². The maximum Gasteiger partial charge on any atom is 0.249 e. The Labute approximate surface area is 152 Å². The predicted octanol–water partition coefficient (Wildman–Crippen LogP) is 4.66. The molecule has 2 N–H and O–H groups in total. The van der Waals surface area contributed by atoms with Gasteiger partial charge in [0.05, 0.1) is 17.8 Å². The fraction of sp³-hybridized carbons (Fsp3) is 0.200. The minimum atomic E-state index is 0.375.